The first-order chi connectivity index (χ1) is 18.7. The normalized spacial score (nSPS) is 12.4. The van der Waals surface area contributed by atoms with Crippen LogP contribution in [0.4, 0.5) is 0 Å². The summed E-state index contributed by atoms with van der Waals surface area (Å²) < 4.78 is 3.79. The summed E-state index contributed by atoms with van der Waals surface area (Å²) in [5.74, 6) is 0.516. The van der Waals surface area contributed by atoms with Crippen LogP contribution < -0.4 is 10.1 Å². The van der Waals surface area contributed by atoms with Gasteiger partial charge in [-0.2, -0.15) is 14.6 Å². The number of para-hydroxylation sites is 1. The average Bonchev–Trinajstić information content (AvgIpc) is 3.75. The first-order valence-electron chi connectivity index (χ1n) is 12.0. The molecule has 0 aliphatic carbocycles. The molecule has 0 radical (unpaired) electrons. The fourth-order valence-electron chi connectivity index (χ4n) is 4.37. The Balaban J connectivity index is 1.34. The summed E-state index contributed by atoms with van der Waals surface area (Å²) in [5, 5.41) is 13.7. The summed E-state index contributed by atoms with van der Waals surface area (Å²) >= 11 is 2.96. The van der Waals surface area contributed by atoms with E-state index in [0.717, 1.165) is 32.8 Å². The Morgan fingerprint density at radius 1 is 0.816 bits per heavy atom. The number of hydrogen-bond acceptors (Lipinski definition) is 6. The van der Waals surface area contributed by atoms with Crippen LogP contribution in [0, 0.1) is 0 Å². The van der Waals surface area contributed by atoms with E-state index in [9.17, 15) is 4.79 Å². The van der Waals surface area contributed by atoms with Gasteiger partial charge in [-0.25, -0.2) is 4.68 Å². The van der Waals surface area contributed by atoms with Crippen LogP contribution in [0.2, 0.25) is 0 Å². The van der Waals surface area contributed by atoms with Crippen LogP contribution in [0.15, 0.2) is 101 Å². The molecule has 0 amide bonds. The third-order valence-electron chi connectivity index (χ3n) is 6.21. The fraction of sp³-hybridized carbons (Fsp3) is 0. The summed E-state index contributed by atoms with van der Waals surface area (Å²) in [6.07, 6.45) is 7.64. The maximum absolute atomic E-state index is 13.3. The zero-order valence-corrected chi connectivity index (χ0v) is 21.6. The first kappa shape index (κ1) is 22.5. The van der Waals surface area contributed by atoms with Gasteiger partial charge in [0.25, 0.3) is 5.56 Å². The third-order valence-corrected chi connectivity index (χ3v) is 8.01. The highest BCUT2D eigenvalue weighted by atomic mass is 32.1. The molecule has 0 bridgehead atoms. The quantitative estimate of drug-likeness (QED) is 0.277. The van der Waals surface area contributed by atoms with E-state index < -0.39 is 0 Å². The molecule has 0 N–H and O–H groups in total. The lowest BCUT2D eigenvalue weighted by Crippen LogP contribution is -2.23. The number of thiophene rings is 1. The number of thiazole rings is 1. The van der Waals surface area contributed by atoms with Crippen LogP contribution in [0.5, 0.6) is 0 Å². The van der Waals surface area contributed by atoms with Crippen LogP contribution in [0.1, 0.15) is 16.3 Å². The molecule has 8 heteroatoms. The van der Waals surface area contributed by atoms with E-state index in [1.807, 2.05) is 89.1 Å². The molecule has 0 aliphatic rings. The lowest BCUT2D eigenvalue weighted by molar-refractivity contribution is 0.884. The van der Waals surface area contributed by atoms with Crippen molar-refractivity contribution in [3.05, 3.63) is 128 Å². The molecular formula is C30H19N5OS2. The minimum absolute atomic E-state index is 0.190. The van der Waals surface area contributed by atoms with Crippen molar-refractivity contribution in [2.75, 3.05) is 0 Å². The van der Waals surface area contributed by atoms with Gasteiger partial charge in [0.1, 0.15) is 5.69 Å². The summed E-state index contributed by atoms with van der Waals surface area (Å²) in [6.45, 7) is 0. The van der Waals surface area contributed by atoms with Crippen molar-refractivity contribution in [2.45, 2.75) is 0 Å². The van der Waals surface area contributed by atoms with Crippen LogP contribution in [-0.2, 0) is 0 Å². The van der Waals surface area contributed by atoms with Crippen molar-refractivity contribution in [2.24, 2.45) is 0 Å². The van der Waals surface area contributed by atoms with Crippen molar-refractivity contribution >= 4 is 56.6 Å². The van der Waals surface area contributed by atoms with E-state index in [4.69, 9.17) is 5.10 Å². The summed E-state index contributed by atoms with van der Waals surface area (Å²) in [5.41, 5.74) is 3.39. The van der Waals surface area contributed by atoms with Crippen LogP contribution >= 0.6 is 22.7 Å². The van der Waals surface area contributed by atoms with E-state index in [1.165, 1.54) is 21.2 Å². The summed E-state index contributed by atoms with van der Waals surface area (Å²) in [4.78, 5) is 19.5. The van der Waals surface area contributed by atoms with Crippen LogP contribution in [0.25, 0.3) is 50.9 Å². The second kappa shape index (κ2) is 9.33. The van der Waals surface area contributed by atoms with Gasteiger partial charge in [-0.05, 0) is 58.6 Å². The van der Waals surface area contributed by atoms with Crippen molar-refractivity contribution in [3.63, 3.8) is 0 Å². The Labute approximate surface area is 225 Å². The molecular weight excluding hydrogens is 510 g/mol. The molecule has 0 unspecified atom stereocenters. The first-order valence-corrected chi connectivity index (χ1v) is 13.7. The number of benzene rings is 3. The Bertz CT molecular complexity index is 2050. The van der Waals surface area contributed by atoms with E-state index in [0.29, 0.717) is 15.3 Å². The second-order valence-corrected chi connectivity index (χ2v) is 10.7. The van der Waals surface area contributed by atoms with Gasteiger partial charge >= 0.3 is 0 Å². The zero-order valence-electron chi connectivity index (χ0n) is 19.9. The maximum Gasteiger partial charge on any atom is 0.291 e. The standard InChI is InChI=1S/C30H19N5OS2/c36-29-26(38-30-31-27(32-35(29)30)15-14-25-11-6-16-37-25)18-23-19-34(24-9-2-1-3-10-24)33-28(23)22-13-12-20-7-4-5-8-21(20)17-22/h1-19H/b15-14+,26-18-. The van der Waals surface area contributed by atoms with Gasteiger partial charge in [0.2, 0.25) is 4.96 Å². The van der Waals surface area contributed by atoms with Gasteiger partial charge in [-0.15, -0.1) is 16.4 Å². The molecule has 0 saturated carbocycles. The number of fused-ring (bicyclic) bond motifs is 2. The minimum Gasteiger partial charge on any atom is -0.266 e. The van der Waals surface area contributed by atoms with Crippen LogP contribution in [-0.4, -0.2) is 24.4 Å². The molecule has 6 nitrogen and oxygen atoms in total. The van der Waals surface area contributed by atoms with Gasteiger partial charge < -0.3 is 0 Å². The lowest BCUT2D eigenvalue weighted by Gasteiger charge is -2.03. The monoisotopic (exact) mass is 529 g/mol. The van der Waals surface area contributed by atoms with Gasteiger partial charge in [0.15, 0.2) is 5.82 Å². The van der Waals surface area contributed by atoms with Crippen LogP contribution in [0.3, 0.4) is 0 Å². The third kappa shape index (κ3) is 4.15. The predicted molar refractivity (Wildman–Crippen MR) is 156 cm³/mol. The fourth-order valence-corrected chi connectivity index (χ4v) is 5.89. The Kier molecular flexibility index (Phi) is 5.53. The molecule has 182 valence electrons. The molecule has 7 rings (SSSR count). The zero-order chi connectivity index (χ0) is 25.5. The second-order valence-electron chi connectivity index (χ2n) is 8.70. The number of aromatic nitrogens is 5. The van der Waals surface area contributed by atoms with Gasteiger partial charge in [0, 0.05) is 22.2 Å². The molecule has 0 aliphatic heterocycles. The van der Waals surface area contributed by atoms with Crippen molar-refractivity contribution in [1.82, 2.24) is 24.4 Å². The van der Waals surface area contributed by atoms with Crippen molar-refractivity contribution in [1.29, 1.82) is 0 Å². The molecule has 0 spiro atoms. The molecule has 0 atom stereocenters. The minimum atomic E-state index is -0.190. The number of hydrogen-bond donors (Lipinski definition) is 0. The molecule has 4 heterocycles. The molecule has 7 aromatic rings. The topological polar surface area (TPSA) is 65.1 Å². The molecule has 4 aromatic heterocycles. The Hall–Kier alpha value is -4.66. The molecule has 0 saturated heterocycles. The SMILES string of the molecule is O=c1/c(=C/c2cn(-c3ccccc3)nc2-c2ccc3ccccc3c2)sc2nc(/C=C/c3cccs3)nn12. The predicted octanol–water partition coefficient (Wildman–Crippen LogP) is 5.94. The average molecular weight is 530 g/mol. The van der Waals surface area contributed by atoms with E-state index in [1.54, 1.807) is 11.3 Å². The highest BCUT2D eigenvalue weighted by molar-refractivity contribution is 7.15. The Morgan fingerprint density at radius 2 is 1.66 bits per heavy atom. The molecule has 3 aromatic carbocycles. The van der Waals surface area contributed by atoms with Gasteiger partial charge in [-0.1, -0.05) is 72.0 Å². The van der Waals surface area contributed by atoms with Gasteiger partial charge in [0.05, 0.1) is 10.2 Å². The lowest BCUT2D eigenvalue weighted by atomic mass is 10.0. The summed E-state index contributed by atoms with van der Waals surface area (Å²) in [7, 11) is 0. The number of rotatable bonds is 5. The smallest absolute Gasteiger partial charge is 0.266 e. The molecule has 38 heavy (non-hydrogen) atoms. The van der Waals surface area contributed by atoms with Crippen molar-refractivity contribution < 1.29 is 0 Å². The van der Waals surface area contributed by atoms with E-state index in [-0.39, 0.29) is 5.56 Å². The van der Waals surface area contributed by atoms with Crippen molar-refractivity contribution in [3.8, 4) is 16.9 Å². The van der Waals surface area contributed by atoms with E-state index >= 15 is 0 Å². The largest absolute Gasteiger partial charge is 0.291 e. The Morgan fingerprint density at radius 3 is 2.47 bits per heavy atom. The highest BCUT2D eigenvalue weighted by Gasteiger charge is 2.14. The summed E-state index contributed by atoms with van der Waals surface area (Å²) in [6, 6.07) is 28.5. The highest BCUT2D eigenvalue weighted by Crippen LogP contribution is 2.28. The molecule has 0 fully saturated rings. The maximum atomic E-state index is 13.3. The van der Waals surface area contributed by atoms with Gasteiger partial charge in [-0.3, -0.25) is 4.79 Å². The number of nitrogens with zero attached hydrogens (tertiary/aromatic N) is 5. The van der Waals surface area contributed by atoms with E-state index in [2.05, 4.69) is 40.4 Å².